The minimum Gasteiger partial charge on any atom is -0.352 e. The van der Waals surface area contributed by atoms with E-state index in [4.69, 9.17) is 0 Å². The first-order chi connectivity index (χ1) is 10.3. The minimum atomic E-state index is 0.0392. The van der Waals surface area contributed by atoms with Crippen LogP contribution in [0.5, 0.6) is 0 Å². The van der Waals surface area contributed by atoms with Gasteiger partial charge in [0.05, 0.1) is 12.6 Å². The van der Waals surface area contributed by atoms with Crippen molar-refractivity contribution in [2.45, 2.75) is 24.9 Å². The largest absolute Gasteiger partial charge is 0.352 e. The van der Waals surface area contributed by atoms with Gasteiger partial charge in [0, 0.05) is 6.04 Å². The van der Waals surface area contributed by atoms with Gasteiger partial charge in [-0.25, -0.2) is 0 Å². The lowest BCUT2D eigenvalue weighted by molar-refractivity contribution is -0.120. The molecule has 0 bridgehead atoms. The van der Waals surface area contributed by atoms with E-state index in [2.05, 4.69) is 34.9 Å². The Morgan fingerprint density at radius 2 is 1.48 bits per heavy atom. The molecule has 3 nitrogen and oxygen atoms in total. The lowest BCUT2D eigenvalue weighted by atomic mass is 9.99. The molecule has 0 heterocycles. The highest BCUT2D eigenvalue weighted by Crippen LogP contribution is 2.22. The zero-order valence-corrected chi connectivity index (χ0v) is 12.0. The molecule has 2 aromatic carbocycles. The number of hydrogen-bond donors (Lipinski definition) is 2. The van der Waals surface area contributed by atoms with Crippen LogP contribution in [-0.2, 0) is 4.79 Å². The van der Waals surface area contributed by atoms with Crippen LogP contribution in [0.1, 0.15) is 30.0 Å². The predicted molar refractivity (Wildman–Crippen MR) is 83.9 cm³/mol. The monoisotopic (exact) mass is 280 g/mol. The van der Waals surface area contributed by atoms with Crippen molar-refractivity contribution in [2.24, 2.45) is 0 Å². The lowest BCUT2D eigenvalue weighted by Gasteiger charge is -2.19. The molecule has 0 spiro atoms. The zero-order valence-electron chi connectivity index (χ0n) is 12.0. The third-order valence-electron chi connectivity index (χ3n) is 3.68. The van der Waals surface area contributed by atoms with Crippen LogP contribution in [0.15, 0.2) is 60.7 Å². The zero-order chi connectivity index (χ0) is 14.5. The molecular weight excluding hydrogens is 260 g/mol. The van der Waals surface area contributed by atoms with Crippen molar-refractivity contribution < 1.29 is 4.79 Å². The molecule has 0 atom stereocenters. The van der Waals surface area contributed by atoms with Gasteiger partial charge in [0.1, 0.15) is 0 Å². The summed E-state index contributed by atoms with van der Waals surface area (Å²) in [7, 11) is 0. The van der Waals surface area contributed by atoms with Gasteiger partial charge in [-0.3, -0.25) is 10.1 Å². The van der Waals surface area contributed by atoms with Crippen molar-refractivity contribution in [1.29, 1.82) is 0 Å². The average molecular weight is 280 g/mol. The Balaban J connectivity index is 1.71. The number of hydrogen-bond acceptors (Lipinski definition) is 2. The number of carbonyl (C=O) groups is 1. The topological polar surface area (TPSA) is 41.1 Å². The van der Waals surface area contributed by atoms with Gasteiger partial charge in [-0.15, -0.1) is 0 Å². The second-order valence-electron chi connectivity index (χ2n) is 5.48. The van der Waals surface area contributed by atoms with E-state index in [1.165, 1.54) is 11.1 Å². The van der Waals surface area contributed by atoms with Crippen molar-refractivity contribution in [3.63, 3.8) is 0 Å². The fourth-order valence-electron chi connectivity index (χ4n) is 2.42. The van der Waals surface area contributed by atoms with Crippen LogP contribution in [-0.4, -0.2) is 18.5 Å². The molecule has 2 N–H and O–H groups in total. The highest BCUT2D eigenvalue weighted by atomic mass is 16.2. The molecular formula is C18H20N2O. The predicted octanol–water partition coefficient (Wildman–Crippen LogP) is 2.64. The van der Waals surface area contributed by atoms with Gasteiger partial charge in [0.15, 0.2) is 0 Å². The lowest BCUT2D eigenvalue weighted by Crippen LogP contribution is -2.37. The molecule has 108 valence electrons. The summed E-state index contributed by atoms with van der Waals surface area (Å²) >= 11 is 0. The van der Waals surface area contributed by atoms with Gasteiger partial charge in [0.25, 0.3) is 0 Å². The third kappa shape index (κ3) is 3.92. The standard InChI is InChI=1S/C18H20N2O/c21-17(20-16-11-12-16)13-19-18(14-7-3-1-4-8-14)15-9-5-2-6-10-15/h1-10,16,18-19H,11-13H2,(H,20,21). The first-order valence-corrected chi connectivity index (χ1v) is 7.45. The molecule has 3 rings (SSSR count). The smallest absolute Gasteiger partial charge is 0.234 e. The van der Waals surface area contributed by atoms with Crippen LogP contribution in [0, 0.1) is 0 Å². The Morgan fingerprint density at radius 3 is 1.95 bits per heavy atom. The molecule has 2 aromatic rings. The molecule has 0 aromatic heterocycles. The summed E-state index contributed by atoms with van der Waals surface area (Å²) < 4.78 is 0. The van der Waals surface area contributed by atoms with Gasteiger partial charge in [0.2, 0.25) is 5.91 Å². The highest BCUT2D eigenvalue weighted by Gasteiger charge is 2.23. The molecule has 0 saturated heterocycles. The van der Waals surface area contributed by atoms with Crippen molar-refractivity contribution in [3.05, 3.63) is 71.8 Å². The van der Waals surface area contributed by atoms with Crippen molar-refractivity contribution in [3.8, 4) is 0 Å². The summed E-state index contributed by atoms with van der Waals surface area (Å²) in [6.45, 7) is 0.338. The van der Waals surface area contributed by atoms with Gasteiger partial charge in [-0.05, 0) is 24.0 Å². The van der Waals surface area contributed by atoms with Crippen LogP contribution in [0.3, 0.4) is 0 Å². The fraction of sp³-hybridized carbons (Fsp3) is 0.278. The fourth-order valence-corrected chi connectivity index (χ4v) is 2.42. The first kappa shape index (κ1) is 13.8. The first-order valence-electron chi connectivity index (χ1n) is 7.45. The summed E-state index contributed by atoms with van der Waals surface area (Å²) in [5.74, 6) is 0.0781. The van der Waals surface area contributed by atoms with Gasteiger partial charge >= 0.3 is 0 Å². The van der Waals surface area contributed by atoms with E-state index in [-0.39, 0.29) is 11.9 Å². The summed E-state index contributed by atoms with van der Waals surface area (Å²) in [5.41, 5.74) is 2.34. The van der Waals surface area contributed by atoms with Gasteiger partial charge < -0.3 is 5.32 Å². The summed E-state index contributed by atoms with van der Waals surface area (Å²) in [6.07, 6.45) is 2.24. The molecule has 1 saturated carbocycles. The van der Waals surface area contributed by atoms with E-state index in [0.717, 1.165) is 12.8 Å². The van der Waals surface area contributed by atoms with Crippen LogP contribution >= 0.6 is 0 Å². The number of nitrogens with one attached hydrogen (secondary N) is 2. The van der Waals surface area contributed by atoms with Crippen molar-refractivity contribution in [2.75, 3.05) is 6.54 Å². The van der Waals surface area contributed by atoms with E-state index < -0.39 is 0 Å². The quantitative estimate of drug-likeness (QED) is 0.854. The molecule has 3 heteroatoms. The Kier molecular flexibility index (Phi) is 4.31. The van der Waals surface area contributed by atoms with Crippen LogP contribution in [0.4, 0.5) is 0 Å². The van der Waals surface area contributed by atoms with E-state index in [1.807, 2.05) is 36.4 Å². The molecule has 1 fully saturated rings. The number of benzene rings is 2. The molecule has 0 radical (unpaired) electrons. The Bertz CT molecular complexity index is 539. The molecule has 1 aliphatic carbocycles. The summed E-state index contributed by atoms with van der Waals surface area (Å²) in [4.78, 5) is 11.9. The normalized spacial score (nSPS) is 14.1. The van der Waals surface area contributed by atoms with Gasteiger partial charge in [-0.1, -0.05) is 60.7 Å². The Hall–Kier alpha value is -2.13. The van der Waals surface area contributed by atoms with Crippen LogP contribution in [0.25, 0.3) is 0 Å². The molecule has 0 unspecified atom stereocenters. The van der Waals surface area contributed by atoms with Crippen molar-refractivity contribution >= 4 is 5.91 Å². The minimum absolute atomic E-state index is 0.0392. The second-order valence-corrected chi connectivity index (χ2v) is 5.48. The number of amides is 1. The van der Waals surface area contributed by atoms with Gasteiger partial charge in [-0.2, -0.15) is 0 Å². The summed E-state index contributed by atoms with van der Waals surface area (Å²) in [6, 6.07) is 20.9. The van der Waals surface area contributed by atoms with Crippen LogP contribution in [0.2, 0.25) is 0 Å². The van der Waals surface area contributed by atoms with E-state index in [1.54, 1.807) is 0 Å². The van der Waals surface area contributed by atoms with E-state index in [0.29, 0.717) is 12.6 Å². The molecule has 1 amide bonds. The maximum atomic E-state index is 11.9. The Labute approximate surface area is 125 Å². The number of rotatable bonds is 6. The highest BCUT2D eigenvalue weighted by molar-refractivity contribution is 5.78. The third-order valence-corrected chi connectivity index (χ3v) is 3.68. The molecule has 21 heavy (non-hydrogen) atoms. The second kappa shape index (κ2) is 6.55. The van der Waals surface area contributed by atoms with E-state index in [9.17, 15) is 4.79 Å². The maximum Gasteiger partial charge on any atom is 0.234 e. The van der Waals surface area contributed by atoms with Crippen LogP contribution < -0.4 is 10.6 Å². The average Bonchev–Trinajstić information content (AvgIpc) is 3.33. The summed E-state index contributed by atoms with van der Waals surface area (Å²) in [5, 5.41) is 6.38. The van der Waals surface area contributed by atoms with E-state index >= 15 is 0 Å². The maximum absolute atomic E-state index is 11.9. The molecule has 1 aliphatic rings. The number of carbonyl (C=O) groups excluding carboxylic acids is 1. The van der Waals surface area contributed by atoms with Crippen molar-refractivity contribution in [1.82, 2.24) is 10.6 Å². The SMILES string of the molecule is O=C(CNC(c1ccccc1)c1ccccc1)NC1CC1. The molecule has 0 aliphatic heterocycles. The Morgan fingerprint density at radius 1 is 0.952 bits per heavy atom.